The zero-order valence-electron chi connectivity index (χ0n) is 11.8. The fraction of sp³-hybridized carbons (Fsp3) is 1.00. The van der Waals surface area contributed by atoms with Gasteiger partial charge in [0.15, 0.2) is 18.2 Å². The van der Waals surface area contributed by atoms with Gasteiger partial charge in [-0.1, -0.05) is 0 Å². The summed E-state index contributed by atoms with van der Waals surface area (Å²) >= 11 is 0. The number of ether oxygens (including phenoxy) is 4. The lowest BCUT2D eigenvalue weighted by Crippen LogP contribution is -2.30. The topological polar surface area (TPSA) is 63.2 Å². The maximum Gasteiger partial charge on any atom is 0.508 e. The standard InChI is InChI=1S/C12H22O6P/c1-5-15-19(13)7-6-8-9-10(11(14-4)16-8)18-12(2,3)17-9/h8-11H,5-7H2,1-4H3/q+1/t8-,9-,10-,11-/m1/s1. The molecule has 2 saturated heterocycles. The van der Waals surface area contributed by atoms with Crippen LogP contribution < -0.4 is 0 Å². The second-order valence-corrected chi connectivity index (χ2v) is 6.48. The first-order valence-corrected chi connectivity index (χ1v) is 7.94. The van der Waals surface area contributed by atoms with Crippen LogP contribution in [0.3, 0.4) is 0 Å². The van der Waals surface area contributed by atoms with Crippen molar-refractivity contribution in [1.82, 2.24) is 0 Å². The molecule has 2 heterocycles. The van der Waals surface area contributed by atoms with Crippen molar-refractivity contribution in [3.05, 3.63) is 0 Å². The van der Waals surface area contributed by atoms with Crippen molar-refractivity contribution in [1.29, 1.82) is 0 Å². The van der Waals surface area contributed by atoms with Crippen molar-refractivity contribution in [2.24, 2.45) is 0 Å². The normalized spacial score (nSPS) is 37.4. The Hall–Kier alpha value is -0.100. The summed E-state index contributed by atoms with van der Waals surface area (Å²) in [6.07, 6.45) is 0.0604. The fourth-order valence-corrected chi connectivity index (χ4v) is 3.39. The summed E-state index contributed by atoms with van der Waals surface area (Å²) in [5.41, 5.74) is 0. The van der Waals surface area contributed by atoms with E-state index < -0.39 is 20.1 Å². The highest BCUT2D eigenvalue weighted by Gasteiger charge is 2.55. The second kappa shape index (κ2) is 6.12. The maximum absolute atomic E-state index is 11.5. The molecule has 110 valence electrons. The van der Waals surface area contributed by atoms with E-state index in [9.17, 15) is 4.57 Å². The first-order valence-electron chi connectivity index (χ1n) is 6.58. The van der Waals surface area contributed by atoms with Crippen LogP contribution in [0.5, 0.6) is 0 Å². The molecule has 0 N–H and O–H groups in total. The molecule has 0 bridgehead atoms. The van der Waals surface area contributed by atoms with Crippen LogP contribution >= 0.6 is 8.03 Å². The molecule has 2 aliphatic heterocycles. The molecule has 0 spiro atoms. The smallest absolute Gasteiger partial charge is 0.353 e. The van der Waals surface area contributed by atoms with E-state index in [2.05, 4.69) is 0 Å². The van der Waals surface area contributed by atoms with Gasteiger partial charge in [-0.25, -0.2) is 0 Å². The quantitative estimate of drug-likeness (QED) is 0.698. The zero-order chi connectivity index (χ0) is 14.0. The Morgan fingerprint density at radius 1 is 1.26 bits per heavy atom. The summed E-state index contributed by atoms with van der Waals surface area (Å²) in [4.78, 5) is 0. The molecule has 6 nitrogen and oxygen atoms in total. The van der Waals surface area contributed by atoms with Crippen LogP contribution in [0, 0.1) is 0 Å². The monoisotopic (exact) mass is 293 g/mol. The molecule has 19 heavy (non-hydrogen) atoms. The minimum atomic E-state index is -1.62. The van der Waals surface area contributed by atoms with E-state index in [0.717, 1.165) is 0 Å². The highest BCUT2D eigenvalue weighted by atomic mass is 31.1. The molecule has 5 atom stereocenters. The van der Waals surface area contributed by atoms with Gasteiger partial charge in [0.25, 0.3) is 0 Å². The van der Waals surface area contributed by atoms with E-state index in [4.69, 9.17) is 23.5 Å². The Morgan fingerprint density at radius 2 is 1.95 bits per heavy atom. The molecule has 1 unspecified atom stereocenters. The molecular formula is C12H22O6P+. The highest BCUT2D eigenvalue weighted by Crippen LogP contribution is 2.40. The van der Waals surface area contributed by atoms with Gasteiger partial charge in [-0.2, -0.15) is 0 Å². The molecule has 0 aromatic heterocycles. The van der Waals surface area contributed by atoms with Crippen LogP contribution in [-0.4, -0.2) is 50.3 Å². The Labute approximate surface area is 114 Å². The average Bonchev–Trinajstić information content (AvgIpc) is 2.80. The molecule has 2 rings (SSSR count). The lowest BCUT2D eigenvalue weighted by molar-refractivity contribution is -0.227. The molecule has 0 aromatic rings. The summed E-state index contributed by atoms with van der Waals surface area (Å²) in [6.45, 7) is 6.03. The average molecular weight is 293 g/mol. The predicted molar refractivity (Wildman–Crippen MR) is 68.2 cm³/mol. The number of fused-ring (bicyclic) bond motifs is 1. The number of rotatable bonds is 6. The van der Waals surface area contributed by atoms with E-state index in [1.165, 1.54) is 0 Å². The molecule has 2 aliphatic rings. The van der Waals surface area contributed by atoms with Gasteiger partial charge in [0.05, 0.1) is 12.7 Å². The lowest BCUT2D eigenvalue weighted by Gasteiger charge is -2.23. The van der Waals surface area contributed by atoms with Gasteiger partial charge in [0, 0.05) is 13.5 Å². The summed E-state index contributed by atoms with van der Waals surface area (Å²) < 4.78 is 39.2. The van der Waals surface area contributed by atoms with Crippen LogP contribution in [0.4, 0.5) is 0 Å². The Morgan fingerprint density at radius 3 is 2.58 bits per heavy atom. The number of methoxy groups -OCH3 is 1. The number of hydrogen-bond acceptors (Lipinski definition) is 6. The molecule has 0 amide bonds. The van der Waals surface area contributed by atoms with Gasteiger partial charge in [-0.05, 0) is 25.3 Å². The minimum absolute atomic E-state index is 0.170. The van der Waals surface area contributed by atoms with Crippen molar-refractivity contribution in [3.8, 4) is 0 Å². The van der Waals surface area contributed by atoms with E-state index in [-0.39, 0.29) is 18.3 Å². The van der Waals surface area contributed by atoms with Crippen LogP contribution in [-0.2, 0) is 28.0 Å². The number of hydrogen-bond donors (Lipinski definition) is 0. The molecule has 0 saturated carbocycles. The van der Waals surface area contributed by atoms with Gasteiger partial charge in [-0.15, -0.1) is 4.52 Å². The van der Waals surface area contributed by atoms with Gasteiger partial charge in [0.1, 0.15) is 12.2 Å². The first-order chi connectivity index (χ1) is 8.96. The van der Waals surface area contributed by atoms with Crippen molar-refractivity contribution in [2.45, 2.75) is 57.6 Å². The molecule has 7 heteroatoms. The van der Waals surface area contributed by atoms with Crippen LogP contribution in [0.1, 0.15) is 27.2 Å². The molecule has 2 fully saturated rings. The summed E-state index contributed by atoms with van der Waals surface area (Å²) in [5.74, 6) is -0.629. The third-order valence-electron chi connectivity index (χ3n) is 3.21. The van der Waals surface area contributed by atoms with Crippen molar-refractivity contribution in [2.75, 3.05) is 19.9 Å². The first kappa shape index (κ1) is 15.3. The van der Waals surface area contributed by atoms with Crippen molar-refractivity contribution >= 4 is 8.03 Å². The maximum atomic E-state index is 11.5. The summed E-state index contributed by atoms with van der Waals surface area (Å²) in [5, 5.41) is 0. The van der Waals surface area contributed by atoms with Gasteiger partial charge < -0.3 is 18.9 Å². The summed E-state index contributed by atoms with van der Waals surface area (Å²) in [6, 6.07) is 0. The third kappa shape index (κ3) is 3.51. The van der Waals surface area contributed by atoms with Crippen molar-refractivity contribution < 1.29 is 28.0 Å². The molecule has 0 radical (unpaired) electrons. The van der Waals surface area contributed by atoms with Crippen LogP contribution in [0.15, 0.2) is 0 Å². The SMILES string of the molecule is CCO[P+](=O)CC[C@H]1O[C@@H](OC)[C@@H]2OC(C)(C)O[C@@H]21. The predicted octanol–water partition coefficient (Wildman–Crippen LogP) is 2.05. The van der Waals surface area contributed by atoms with Crippen LogP contribution in [0.25, 0.3) is 0 Å². The Balaban J connectivity index is 1.93. The molecule has 0 aromatic carbocycles. The summed E-state index contributed by atoms with van der Waals surface area (Å²) in [7, 11) is -0.0415. The van der Waals surface area contributed by atoms with Crippen LogP contribution in [0.2, 0.25) is 0 Å². The van der Waals surface area contributed by atoms with Gasteiger partial charge >= 0.3 is 8.03 Å². The molecule has 0 aliphatic carbocycles. The van der Waals surface area contributed by atoms with E-state index >= 15 is 0 Å². The van der Waals surface area contributed by atoms with E-state index in [1.807, 2.05) is 20.8 Å². The lowest BCUT2D eigenvalue weighted by atomic mass is 10.1. The molecular weight excluding hydrogens is 271 g/mol. The Kier molecular flexibility index (Phi) is 4.93. The fourth-order valence-electron chi connectivity index (χ4n) is 2.51. The minimum Gasteiger partial charge on any atom is -0.353 e. The van der Waals surface area contributed by atoms with Gasteiger partial charge in [-0.3, -0.25) is 0 Å². The van der Waals surface area contributed by atoms with Crippen molar-refractivity contribution in [3.63, 3.8) is 0 Å². The third-order valence-corrected chi connectivity index (χ3v) is 4.38. The van der Waals surface area contributed by atoms with E-state index in [0.29, 0.717) is 19.2 Å². The van der Waals surface area contributed by atoms with Gasteiger partial charge in [0.2, 0.25) is 0 Å². The Bertz CT molecular complexity index is 334. The van der Waals surface area contributed by atoms with E-state index in [1.54, 1.807) is 7.11 Å². The highest BCUT2D eigenvalue weighted by molar-refractivity contribution is 7.39. The zero-order valence-corrected chi connectivity index (χ0v) is 12.7. The largest absolute Gasteiger partial charge is 0.508 e. The second-order valence-electron chi connectivity index (χ2n) is 5.11.